The maximum Gasteiger partial charge on any atom is 0.216 e. The zero-order chi connectivity index (χ0) is 8.20. The van der Waals surface area contributed by atoms with Crippen molar-refractivity contribution in [3.63, 3.8) is 0 Å². The lowest BCUT2D eigenvalue weighted by Crippen LogP contribution is -2.43. The van der Waals surface area contributed by atoms with E-state index in [0.717, 1.165) is 0 Å². The first kappa shape index (κ1) is 9.65. The fourth-order valence-electron chi connectivity index (χ4n) is 0.410. The van der Waals surface area contributed by atoms with Crippen molar-refractivity contribution in [1.82, 2.24) is 5.32 Å². The smallest absolute Gasteiger partial charge is 0.216 e. The van der Waals surface area contributed by atoms with E-state index < -0.39 is 8.32 Å². The van der Waals surface area contributed by atoms with Crippen molar-refractivity contribution in [3.05, 3.63) is 0 Å². The van der Waals surface area contributed by atoms with E-state index in [1.165, 1.54) is 6.92 Å². The van der Waals surface area contributed by atoms with Gasteiger partial charge in [-0.15, -0.1) is 0 Å². The zero-order valence-electron chi connectivity index (χ0n) is 7.02. The van der Waals surface area contributed by atoms with Crippen molar-refractivity contribution in [2.45, 2.75) is 20.0 Å². The monoisotopic (exact) mass is 161 g/mol. The molecule has 0 bridgehead atoms. The Hall–Kier alpha value is -0.353. The van der Waals surface area contributed by atoms with Gasteiger partial charge in [0.15, 0.2) is 0 Å². The van der Waals surface area contributed by atoms with Gasteiger partial charge in [0.25, 0.3) is 0 Å². The normalized spacial score (nSPS) is 11.2. The summed E-state index contributed by atoms with van der Waals surface area (Å²) in [6.07, 6.45) is 0.693. The van der Waals surface area contributed by atoms with Gasteiger partial charge in [0.05, 0.1) is 0 Å². The third-order valence-electron chi connectivity index (χ3n) is 1.32. The highest BCUT2D eigenvalue weighted by Crippen LogP contribution is 1.98. The second kappa shape index (κ2) is 3.73. The van der Waals surface area contributed by atoms with Gasteiger partial charge in [0, 0.05) is 20.2 Å². The highest BCUT2D eigenvalue weighted by atomic mass is 28.4. The molecule has 3 nitrogen and oxygen atoms in total. The van der Waals surface area contributed by atoms with Gasteiger partial charge in [0.2, 0.25) is 14.2 Å². The summed E-state index contributed by atoms with van der Waals surface area (Å²) < 4.78 is 5.21. The fourth-order valence-corrected chi connectivity index (χ4v) is 1.23. The molecular formula is C6H15NO2Si. The van der Waals surface area contributed by atoms with Crippen LogP contribution in [0.2, 0.25) is 13.1 Å². The Bertz CT molecular complexity index is 125. The Kier molecular flexibility index (Phi) is 3.60. The van der Waals surface area contributed by atoms with Crippen molar-refractivity contribution < 1.29 is 9.22 Å². The Balaban J connectivity index is 3.56. The van der Waals surface area contributed by atoms with Crippen LogP contribution in [-0.2, 0) is 9.22 Å². The first-order chi connectivity index (χ1) is 4.48. The van der Waals surface area contributed by atoms with E-state index in [1.54, 1.807) is 7.11 Å². The number of rotatable bonds is 3. The summed E-state index contributed by atoms with van der Waals surface area (Å²) in [5.41, 5.74) is 0. The molecule has 0 rings (SSSR count). The lowest BCUT2D eigenvalue weighted by molar-refractivity contribution is -0.118. The molecule has 0 atom stereocenters. The largest absolute Gasteiger partial charge is 0.419 e. The van der Waals surface area contributed by atoms with Crippen LogP contribution in [0.1, 0.15) is 6.92 Å². The minimum atomic E-state index is -1.57. The molecule has 1 amide bonds. The molecule has 0 aromatic carbocycles. The van der Waals surface area contributed by atoms with Crippen LogP contribution in [0.25, 0.3) is 0 Å². The standard InChI is InChI=1S/C6H15NO2Si/c1-6(8)7-5-10(3,4)9-2/h5H2,1-4H3,(H,7,8). The van der Waals surface area contributed by atoms with Crippen LogP contribution in [0.15, 0.2) is 0 Å². The summed E-state index contributed by atoms with van der Waals surface area (Å²) in [7, 11) is 0.117. The molecule has 0 saturated heterocycles. The summed E-state index contributed by atoms with van der Waals surface area (Å²) in [5, 5.41) is 2.73. The van der Waals surface area contributed by atoms with E-state index in [0.29, 0.717) is 6.17 Å². The second-order valence-electron chi connectivity index (χ2n) is 2.87. The maximum atomic E-state index is 10.5. The molecule has 4 heteroatoms. The molecule has 0 aliphatic heterocycles. The van der Waals surface area contributed by atoms with Crippen molar-refractivity contribution in [2.75, 3.05) is 13.3 Å². The van der Waals surface area contributed by atoms with E-state index >= 15 is 0 Å². The molecule has 60 valence electrons. The number of hydrogen-bond acceptors (Lipinski definition) is 2. The summed E-state index contributed by atoms with van der Waals surface area (Å²) in [6.45, 7) is 5.63. The molecule has 0 aliphatic rings. The van der Waals surface area contributed by atoms with Crippen LogP contribution in [-0.4, -0.2) is 27.5 Å². The first-order valence-electron chi connectivity index (χ1n) is 3.27. The summed E-state index contributed by atoms with van der Waals surface area (Å²) in [6, 6.07) is 0. The molecule has 1 N–H and O–H groups in total. The van der Waals surface area contributed by atoms with Crippen LogP contribution >= 0.6 is 0 Å². The molecule has 0 aromatic rings. The Morgan fingerprint density at radius 1 is 1.60 bits per heavy atom. The second-order valence-corrected chi connectivity index (χ2v) is 7.15. The molecule has 10 heavy (non-hydrogen) atoms. The Morgan fingerprint density at radius 2 is 2.10 bits per heavy atom. The number of carbonyl (C=O) groups is 1. The summed E-state index contributed by atoms with van der Waals surface area (Å²) in [4.78, 5) is 10.5. The number of amides is 1. The van der Waals surface area contributed by atoms with Gasteiger partial charge in [-0.05, 0) is 13.1 Å². The average Bonchev–Trinajstić information content (AvgIpc) is 1.85. The molecule has 0 aromatic heterocycles. The van der Waals surface area contributed by atoms with E-state index in [9.17, 15) is 4.79 Å². The molecule has 0 saturated carbocycles. The highest BCUT2D eigenvalue weighted by Gasteiger charge is 2.20. The summed E-state index contributed by atoms with van der Waals surface area (Å²) in [5.74, 6) is 0.0117. The SMILES string of the molecule is CO[Si](C)(C)CNC(C)=O. The molecule has 0 aliphatic carbocycles. The fraction of sp³-hybridized carbons (Fsp3) is 0.833. The van der Waals surface area contributed by atoms with Crippen LogP contribution < -0.4 is 5.32 Å². The van der Waals surface area contributed by atoms with Crippen molar-refractivity contribution in [1.29, 1.82) is 0 Å². The molecular weight excluding hydrogens is 146 g/mol. The highest BCUT2D eigenvalue weighted by molar-refractivity contribution is 6.71. The molecule has 0 radical (unpaired) electrons. The van der Waals surface area contributed by atoms with E-state index in [2.05, 4.69) is 18.4 Å². The number of carbonyl (C=O) groups excluding carboxylic acids is 1. The third-order valence-corrected chi connectivity index (χ3v) is 3.45. The topological polar surface area (TPSA) is 38.3 Å². The van der Waals surface area contributed by atoms with Crippen molar-refractivity contribution in [3.8, 4) is 0 Å². The predicted molar refractivity (Wildman–Crippen MR) is 43.2 cm³/mol. The number of nitrogens with one attached hydrogen (secondary N) is 1. The van der Waals surface area contributed by atoms with E-state index in [-0.39, 0.29) is 5.91 Å². The maximum absolute atomic E-state index is 10.5. The molecule has 0 spiro atoms. The lowest BCUT2D eigenvalue weighted by Gasteiger charge is -2.19. The van der Waals surface area contributed by atoms with Crippen LogP contribution in [0, 0.1) is 0 Å². The van der Waals surface area contributed by atoms with Crippen LogP contribution in [0.3, 0.4) is 0 Å². The van der Waals surface area contributed by atoms with Gasteiger partial charge >= 0.3 is 0 Å². The minimum Gasteiger partial charge on any atom is -0.419 e. The van der Waals surface area contributed by atoms with Gasteiger partial charge in [0.1, 0.15) is 0 Å². The minimum absolute atomic E-state index is 0.0117. The van der Waals surface area contributed by atoms with Crippen LogP contribution in [0.4, 0.5) is 0 Å². The molecule has 0 fully saturated rings. The average molecular weight is 161 g/mol. The quantitative estimate of drug-likeness (QED) is 0.613. The van der Waals surface area contributed by atoms with Crippen LogP contribution in [0.5, 0.6) is 0 Å². The van der Waals surface area contributed by atoms with Gasteiger partial charge < -0.3 is 9.74 Å². The Labute approximate surface area is 62.9 Å². The lowest BCUT2D eigenvalue weighted by atomic mass is 10.7. The zero-order valence-corrected chi connectivity index (χ0v) is 8.02. The third kappa shape index (κ3) is 4.52. The van der Waals surface area contributed by atoms with E-state index in [1.807, 2.05) is 0 Å². The first-order valence-corrected chi connectivity index (χ1v) is 6.39. The van der Waals surface area contributed by atoms with E-state index in [4.69, 9.17) is 4.43 Å². The molecule has 0 heterocycles. The van der Waals surface area contributed by atoms with Gasteiger partial charge in [-0.25, -0.2) is 0 Å². The van der Waals surface area contributed by atoms with Crippen molar-refractivity contribution in [2.24, 2.45) is 0 Å². The van der Waals surface area contributed by atoms with Gasteiger partial charge in [-0.3, -0.25) is 4.79 Å². The Morgan fingerprint density at radius 3 is 2.40 bits per heavy atom. The van der Waals surface area contributed by atoms with Crippen molar-refractivity contribution >= 4 is 14.2 Å². The van der Waals surface area contributed by atoms with Gasteiger partial charge in [-0.1, -0.05) is 0 Å². The number of hydrogen-bond donors (Lipinski definition) is 1. The molecule has 0 unspecified atom stereocenters. The van der Waals surface area contributed by atoms with Gasteiger partial charge in [-0.2, -0.15) is 0 Å². The predicted octanol–water partition coefficient (Wildman–Crippen LogP) is 0.513. The summed E-state index contributed by atoms with van der Waals surface area (Å²) >= 11 is 0.